The van der Waals surface area contributed by atoms with Crippen molar-refractivity contribution in [3.05, 3.63) is 53.3 Å². The van der Waals surface area contributed by atoms with Crippen LogP contribution in [0.5, 0.6) is 5.75 Å². The van der Waals surface area contributed by atoms with E-state index < -0.39 is 0 Å². The number of hydrogen-bond acceptors (Lipinski definition) is 7. The van der Waals surface area contributed by atoms with Crippen molar-refractivity contribution in [1.29, 1.82) is 0 Å². The molecule has 1 aliphatic rings. The number of morpholine rings is 1. The van der Waals surface area contributed by atoms with Gasteiger partial charge in [-0.05, 0) is 43.7 Å². The molecule has 0 bridgehead atoms. The molecule has 3 heterocycles. The highest BCUT2D eigenvalue weighted by Gasteiger charge is 2.25. The number of anilines is 1. The first-order valence-corrected chi connectivity index (χ1v) is 11.3. The number of furan rings is 1. The molecule has 1 aromatic carbocycles. The monoisotopic (exact) mass is 441 g/mol. The van der Waals surface area contributed by atoms with Crippen LogP contribution in [-0.2, 0) is 4.74 Å². The first-order valence-electron chi connectivity index (χ1n) is 10.4. The van der Waals surface area contributed by atoms with Crippen LogP contribution in [0.25, 0.3) is 11.3 Å². The minimum absolute atomic E-state index is 0.153. The molecule has 1 amide bonds. The van der Waals surface area contributed by atoms with Crippen molar-refractivity contribution in [2.75, 3.05) is 51.4 Å². The summed E-state index contributed by atoms with van der Waals surface area (Å²) in [5.74, 6) is 1.01. The third-order valence-corrected chi connectivity index (χ3v) is 6.23. The molecule has 1 fully saturated rings. The first-order chi connectivity index (χ1) is 15.2. The fourth-order valence-electron chi connectivity index (χ4n) is 3.56. The fraction of sp³-hybridized carbons (Fsp3) is 0.391. The van der Waals surface area contributed by atoms with Crippen molar-refractivity contribution in [2.24, 2.45) is 0 Å². The summed E-state index contributed by atoms with van der Waals surface area (Å²) in [4.78, 5) is 22.2. The summed E-state index contributed by atoms with van der Waals surface area (Å²) in [5.41, 5.74) is 2.65. The number of aryl methyl sites for hydroxylation is 1. The molecule has 0 radical (unpaired) electrons. The van der Waals surface area contributed by atoms with E-state index in [-0.39, 0.29) is 5.91 Å². The lowest BCUT2D eigenvalue weighted by molar-refractivity contribution is 0.0376. The molecule has 1 aliphatic heterocycles. The molecule has 31 heavy (non-hydrogen) atoms. The molecule has 8 heteroatoms. The average Bonchev–Trinajstić information content (AvgIpc) is 3.46. The maximum Gasteiger partial charge on any atom is 0.296 e. The van der Waals surface area contributed by atoms with E-state index in [0.29, 0.717) is 17.4 Å². The molecule has 0 saturated carbocycles. The first kappa shape index (κ1) is 21.5. The van der Waals surface area contributed by atoms with E-state index in [1.807, 2.05) is 42.6 Å². The number of nitrogens with zero attached hydrogens (tertiary/aromatic N) is 3. The Morgan fingerprint density at radius 2 is 2.00 bits per heavy atom. The summed E-state index contributed by atoms with van der Waals surface area (Å²) < 4.78 is 16.1. The van der Waals surface area contributed by atoms with Gasteiger partial charge in [0.15, 0.2) is 10.9 Å². The predicted octanol–water partition coefficient (Wildman–Crippen LogP) is 4.09. The fourth-order valence-corrected chi connectivity index (χ4v) is 4.42. The van der Waals surface area contributed by atoms with Crippen LogP contribution >= 0.6 is 11.3 Å². The van der Waals surface area contributed by atoms with Crippen LogP contribution in [-0.4, -0.2) is 62.3 Å². The number of carbonyl (C=O) groups excluding carboxylic acids is 1. The minimum Gasteiger partial charge on any atom is -0.497 e. The maximum atomic E-state index is 13.3. The van der Waals surface area contributed by atoms with Gasteiger partial charge in [-0.3, -0.25) is 14.6 Å². The zero-order chi connectivity index (χ0) is 21.6. The van der Waals surface area contributed by atoms with Crippen LogP contribution in [0, 0.1) is 6.92 Å². The Balaban J connectivity index is 1.52. The quantitative estimate of drug-likeness (QED) is 0.525. The van der Waals surface area contributed by atoms with Gasteiger partial charge in [-0.1, -0.05) is 0 Å². The van der Waals surface area contributed by atoms with E-state index in [1.54, 1.807) is 18.3 Å². The van der Waals surface area contributed by atoms with Crippen molar-refractivity contribution in [1.82, 2.24) is 9.88 Å². The lowest BCUT2D eigenvalue weighted by Crippen LogP contribution is -2.39. The molecule has 0 N–H and O–H groups in total. The molecule has 1 saturated heterocycles. The van der Waals surface area contributed by atoms with Crippen molar-refractivity contribution in [3.8, 4) is 17.0 Å². The van der Waals surface area contributed by atoms with Crippen LogP contribution in [0.4, 0.5) is 5.13 Å². The summed E-state index contributed by atoms with van der Waals surface area (Å²) in [7, 11) is 1.65. The topological polar surface area (TPSA) is 68.0 Å². The molecular formula is C23H27N3O4S. The second-order valence-electron chi connectivity index (χ2n) is 7.44. The van der Waals surface area contributed by atoms with E-state index in [4.69, 9.17) is 18.9 Å². The van der Waals surface area contributed by atoms with Crippen molar-refractivity contribution in [2.45, 2.75) is 13.3 Å². The third kappa shape index (κ3) is 5.15. The lowest BCUT2D eigenvalue weighted by atomic mass is 10.2. The van der Waals surface area contributed by atoms with Crippen LogP contribution in [0.3, 0.4) is 0 Å². The Kier molecular flexibility index (Phi) is 7.01. The van der Waals surface area contributed by atoms with Gasteiger partial charge in [0.05, 0.1) is 32.3 Å². The summed E-state index contributed by atoms with van der Waals surface area (Å²) >= 11 is 1.47. The Morgan fingerprint density at radius 3 is 2.68 bits per heavy atom. The minimum atomic E-state index is -0.153. The molecule has 4 rings (SSSR count). The Labute approximate surface area is 186 Å². The van der Waals surface area contributed by atoms with Gasteiger partial charge in [0.2, 0.25) is 0 Å². The number of amides is 1. The van der Waals surface area contributed by atoms with E-state index in [2.05, 4.69) is 4.90 Å². The normalized spacial score (nSPS) is 14.5. The van der Waals surface area contributed by atoms with Crippen molar-refractivity contribution < 1.29 is 18.7 Å². The highest BCUT2D eigenvalue weighted by atomic mass is 32.1. The smallest absolute Gasteiger partial charge is 0.296 e. The summed E-state index contributed by atoms with van der Waals surface area (Å²) in [6, 6.07) is 9.57. The van der Waals surface area contributed by atoms with Gasteiger partial charge in [-0.25, -0.2) is 4.98 Å². The molecule has 7 nitrogen and oxygen atoms in total. The molecule has 0 spiro atoms. The van der Waals surface area contributed by atoms with Crippen LogP contribution < -0.4 is 9.64 Å². The maximum absolute atomic E-state index is 13.3. The third-order valence-electron chi connectivity index (χ3n) is 5.37. The van der Waals surface area contributed by atoms with Crippen LogP contribution in [0.15, 0.2) is 46.4 Å². The number of thiazole rings is 1. The van der Waals surface area contributed by atoms with Gasteiger partial charge in [-0.15, -0.1) is 11.3 Å². The van der Waals surface area contributed by atoms with Gasteiger partial charge in [0.1, 0.15) is 5.75 Å². The standard InChI is InChI=1S/C23H27N3O4S/c1-17-8-13-30-21(17)22(27)26(10-3-9-25-11-14-29-15-12-25)23-24-20(16-31-23)18-4-6-19(28-2)7-5-18/h4-8,13,16H,3,9-12,14-15H2,1-2H3. The number of benzene rings is 1. The molecule has 0 aliphatic carbocycles. The number of hydrogen-bond donors (Lipinski definition) is 0. The van der Waals surface area contributed by atoms with Gasteiger partial charge in [0.25, 0.3) is 5.91 Å². The number of carbonyl (C=O) groups is 1. The second kappa shape index (κ2) is 10.1. The number of aromatic nitrogens is 1. The Hall–Kier alpha value is -2.68. The van der Waals surface area contributed by atoms with Gasteiger partial charge >= 0.3 is 0 Å². The lowest BCUT2D eigenvalue weighted by Gasteiger charge is -2.27. The number of rotatable bonds is 8. The second-order valence-corrected chi connectivity index (χ2v) is 8.28. The molecule has 2 aromatic heterocycles. The van der Waals surface area contributed by atoms with Crippen molar-refractivity contribution in [3.63, 3.8) is 0 Å². The van der Waals surface area contributed by atoms with Gasteiger partial charge < -0.3 is 13.9 Å². The number of ether oxygens (including phenoxy) is 2. The summed E-state index contributed by atoms with van der Waals surface area (Å²) in [5, 5.41) is 2.66. The molecular weight excluding hydrogens is 414 g/mol. The molecule has 3 aromatic rings. The van der Waals surface area contributed by atoms with Crippen LogP contribution in [0.2, 0.25) is 0 Å². The Bertz CT molecular complexity index is 992. The largest absolute Gasteiger partial charge is 0.497 e. The average molecular weight is 442 g/mol. The molecule has 164 valence electrons. The van der Waals surface area contributed by atoms with Crippen LogP contribution in [0.1, 0.15) is 22.5 Å². The molecule has 0 atom stereocenters. The SMILES string of the molecule is COc1ccc(-c2csc(N(CCCN3CCOCC3)C(=O)c3occc3C)n2)cc1. The van der Waals surface area contributed by atoms with Gasteiger partial charge in [-0.2, -0.15) is 0 Å². The van der Waals surface area contributed by atoms with E-state index in [9.17, 15) is 4.79 Å². The molecule has 0 unspecified atom stereocenters. The Morgan fingerprint density at radius 1 is 1.23 bits per heavy atom. The zero-order valence-corrected chi connectivity index (χ0v) is 18.7. The van der Waals surface area contributed by atoms with Crippen molar-refractivity contribution >= 4 is 22.4 Å². The summed E-state index contributed by atoms with van der Waals surface area (Å²) in [6.45, 7) is 6.78. The predicted molar refractivity (Wildman–Crippen MR) is 121 cm³/mol. The highest BCUT2D eigenvalue weighted by Crippen LogP contribution is 2.30. The van der Waals surface area contributed by atoms with E-state index in [1.165, 1.54) is 11.3 Å². The van der Waals surface area contributed by atoms with E-state index in [0.717, 1.165) is 61.8 Å². The highest BCUT2D eigenvalue weighted by molar-refractivity contribution is 7.14. The van der Waals surface area contributed by atoms with Gasteiger partial charge in [0, 0.05) is 42.7 Å². The summed E-state index contributed by atoms with van der Waals surface area (Å²) in [6.07, 6.45) is 2.40. The number of methoxy groups -OCH3 is 1. The van der Waals surface area contributed by atoms with E-state index >= 15 is 0 Å². The zero-order valence-electron chi connectivity index (χ0n) is 17.9.